The van der Waals surface area contributed by atoms with Crippen LogP contribution in [0.2, 0.25) is 0 Å². The molecule has 7 heteroatoms. The van der Waals surface area contributed by atoms with Crippen LogP contribution >= 0.6 is 0 Å². The molecule has 102 valence electrons. The third-order valence-electron chi connectivity index (χ3n) is 3.25. The SMILES string of the molecule is CC(C)(NC(=O)NC(C)(C(=O)O)C1CC1)C(N)=O. The van der Waals surface area contributed by atoms with Crippen molar-refractivity contribution in [1.29, 1.82) is 0 Å². The molecule has 0 aliphatic heterocycles. The molecule has 0 aromatic heterocycles. The molecular formula is C11H19N3O4. The number of urea groups is 1. The summed E-state index contributed by atoms with van der Waals surface area (Å²) in [5, 5.41) is 13.9. The van der Waals surface area contributed by atoms with Crippen molar-refractivity contribution in [2.75, 3.05) is 0 Å². The van der Waals surface area contributed by atoms with Gasteiger partial charge in [-0.2, -0.15) is 0 Å². The van der Waals surface area contributed by atoms with Crippen molar-refractivity contribution < 1.29 is 19.5 Å². The zero-order valence-electron chi connectivity index (χ0n) is 10.7. The van der Waals surface area contributed by atoms with E-state index in [-0.39, 0.29) is 5.92 Å². The highest BCUT2D eigenvalue weighted by atomic mass is 16.4. The minimum atomic E-state index is -1.31. The summed E-state index contributed by atoms with van der Waals surface area (Å²) in [6.07, 6.45) is 1.53. The molecule has 7 nitrogen and oxygen atoms in total. The average molecular weight is 257 g/mol. The maximum Gasteiger partial charge on any atom is 0.329 e. The first-order valence-electron chi connectivity index (χ1n) is 5.73. The summed E-state index contributed by atoms with van der Waals surface area (Å²) in [6.45, 7) is 4.36. The van der Waals surface area contributed by atoms with Crippen LogP contribution in [0.25, 0.3) is 0 Å². The molecule has 3 amide bonds. The Morgan fingerprint density at radius 1 is 1.17 bits per heavy atom. The summed E-state index contributed by atoms with van der Waals surface area (Å²) >= 11 is 0. The van der Waals surface area contributed by atoms with Gasteiger partial charge in [-0.25, -0.2) is 9.59 Å². The smallest absolute Gasteiger partial charge is 0.329 e. The topological polar surface area (TPSA) is 122 Å². The molecule has 0 spiro atoms. The second-order valence-electron chi connectivity index (χ2n) is 5.35. The van der Waals surface area contributed by atoms with Gasteiger partial charge in [-0.05, 0) is 39.5 Å². The number of primary amides is 1. The van der Waals surface area contributed by atoms with E-state index in [0.717, 1.165) is 12.8 Å². The summed E-state index contributed by atoms with van der Waals surface area (Å²) in [6, 6.07) is -0.712. The van der Waals surface area contributed by atoms with E-state index in [4.69, 9.17) is 10.8 Å². The van der Waals surface area contributed by atoms with Gasteiger partial charge in [-0.1, -0.05) is 0 Å². The number of nitrogens with two attached hydrogens (primary N) is 1. The summed E-state index contributed by atoms with van der Waals surface area (Å²) in [7, 11) is 0. The predicted octanol–water partition coefficient (Wildman–Crippen LogP) is -0.197. The molecule has 18 heavy (non-hydrogen) atoms. The van der Waals surface area contributed by atoms with Gasteiger partial charge in [0.25, 0.3) is 0 Å². The number of carbonyl (C=O) groups excluding carboxylic acids is 2. The Morgan fingerprint density at radius 3 is 2.00 bits per heavy atom. The van der Waals surface area contributed by atoms with E-state index in [1.165, 1.54) is 20.8 Å². The molecular weight excluding hydrogens is 238 g/mol. The molecule has 0 aromatic rings. The maximum absolute atomic E-state index is 11.7. The first-order chi connectivity index (χ1) is 8.09. The molecule has 1 aliphatic rings. The quantitative estimate of drug-likeness (QED) is 0.545. The van der Waals surface area contributed by atoms with Gasteiger partial charge in [0, 0.05) is 0 Å². The number of hydrogen-bond acceptors (Lipinski definition) is 3. The number of carbonyl (C=O) groups is 3. The van der Waals surface area contributed by atoms with Gasteiger partial charge in [0.2, 0.25) is 5.91 Å². The number of hydrogen-bond donors (Lipinski definition) is 4. The number of carboxylic acid groups (broad SMARTS) is 1. The lowest BCUT2D eigenvalue weighted by atomic mass is 9.96. The highest BCUT2D eigenvalue weighted by molar-refractivity contribution is 5.91. The Kier molecular flexibility index (Phi) is 3.54. The second kappa shape index (κ2) is 4.47. The number of nitrogens with one attached hydrogen (secondary N) is 2. The van der Waals surface area contributed by atoms with Crippen molar-refractivity contribution in [2.45, 2.75) is 44.7 Å². The summed E-state index contributed by atoms with van der Waals surface area (Å²) in [4.78, 5) is 34.0. The van der Waals surface area contributed by atoms with Crippen LogP contribution in [0.1, 0.15) is 33.6 Å². The summed E-state index contributed by atoms with van der Waals surface area (Å²) in [5.41, 5.74) is 2.58. The van der Waals surface area contributed by atoms with Gasteiger partial charge in [0.1, 0.15) is 11.1 Å². The number of carboxylic acids is 1. The van der Waals surface area contributed by atoms with Gasteiger partial charge >= 0.3 is 12.0 Å². The second-order valence-corrected chi connectivity index (χ2v) is 5.35. The Labute approximate surface area is 105 Å². The molecule has 1 aliphatic carbocycles. The van der Waals surface area contributed by atoms with Crippen LogP contribution in [0.15, 0.2) is 0 Å². The summed E-state index contributed by atoms with van der Waals surface area (Å²) < 4.78 is 0. The normalized spacial score (nSPS) is 18.6. The fourth-order valence-electron chi connectivity index (χ4n) is 1.60. The standard InChI is InChI=1S/C11H19N3O4/c1-10(2,7(12)15)13-9(18)14-11(3,8(16)17)6-4-5-6/h6H,4-5H2,1-3H3,(H2,12,15)(H,16,17)(H2,13,14,18). The molecule has 1 unspecified atom stereocenters. The molecule has 1 atom stereocenters. The zero-order chi connectivity index (χ0) is 14.1. The Morgan fingerprint density at radius 2 is 1.67 bits per heavy atom. The van der Waals surface area contributed by atoms with Crippen molar-refractivity contribution in [3.05, 3.63) is 0 Å². The fraction of sp³-hybridized carbons (Fsp3) is 0.727. The van der Waals surface area contributed by atoms with Crippen molar-refractivity contribution in [2.24, 2.45) is 11.7 Å². The first kappa shape index (κ1) is 14.3. The highest BCUT2D eigenvalue weighted by Crippen LogP contribution is 2.39. The Hall–Kier alpha value is -1.79. The van der Waals surface area contributed by atoms with Crippen molar-refractivity contribution in [3.63, 3.8) is 0 Å². The number of rotatable bonds is 5. The van der Waals surface area contributed by atoms with Crippen LogP contribution in [0.3, 0.4) is 0 Å². The molecule has 1 fully saturated rings. The molecule has 0 radical (unpaired) electrons. The lowest BCUT2D eigenvalue weighted by molar-refractivity contribution is -0.144. The minimum absolute atomic E-state index is 0.0718. The third kappa shape index (κ3) is 2.91. The van der Waals surface area contributed by atoms with E-state index in [1.54, 1.807) is 0 Å². The Bertz CT molecular complexity index is 390. The van der Waals surface area contributed by atoms with Crippen molar-refractivity contribution >= 4 is 17.9 Å². The number of amides is 3. The molecule has 1 rings (SSSR count). The Balaban J connectivity index is 2.69. The van der Waals surface area contributed by atoms with Gasteiger partial charge in [-0.3, -0.25) is 4.79 Å². The maximum atomic E-state index is 11.7. The average Bonchev–Trinajstić information content (AvgIpc) is 2.98. The van der Waals surface area contributed by atoms with E-state index >= 15 is 0 Å². The molecule has 0 heterocycles. The van der Waals surface area contributed by atoms with Crippen LogP contribution in [-0.4, -0.2) is 34.1 Å². The van der Waals surface area contributed by atoms with Crippen molar-refractivity contribution in [1.82, 2.24) is 10.6 Å². The van der Waals surface area contributed by atoms with E-state index in [2.05, 4.69) is 10.6 Å². The zero-order valence-corrected chi connectivity index (χ0v) is 10.7. The van der Waals surface area contributed by atoms with Crippen LogP contribution in [0.4, 0.5) is 4.79 Å². The van der Waals surface area contributed by atoms with Gasteiger partial charge in [0.05, 0.1) is 0 Å². The molecule has 5 N–H and O–H groups in total. The van der Waals surface area contributed by atoms with Gasteiger partial charge in [0.15, 0.2) is 0 Å². The highest BCUT2D eigenvalue weighted by Gasteiger charge is 2.49. The van der Waals surface area contributed by atoms with E-state index < -0.39 is 29.0 Å². The van der Waals surface area contributed by atoms with E-state index in [0.29, 0.717) is 0 Å². The monoisotopic (exact) mass is 257 g/mol. The minimum Gasteiger partial charge on any atom is -0.480 e. The lowest BCUT2D eigenvalue weighted by Crippen LogP contribution is -2.62. The van der Waals surface area contributed by atoms with Crippen LogP contribution in [0, 0.1) is 5.92 Å². The van der Waals surface area contributed by atoms with E-state index in [9.17, 15) is 14.4 Å². The molecule has 0 aromatic carbocycles. The number of aliphatic carboxylic acids is 1. The molecule has 1 saturated carbocycles. The molecule has 0 bridgehead atoms. The molecule has 0 saturated heterocycles. The largest absolute Gasteiger partial charge is 0.480 e. The van der Waals surface area contributed by atoms with Crippen LogP contribution < -0.4 is 16.4 Å². The lowest BCUT2D eigenvalue weighted by Gasteiger charge is -2.29. The first-order valence-corrected chi connectivity index (χ1v) is 5.73. The third-order valence-corrected chi connectivity index (χ3v) is 3.25. The van der Waals surface area contributed by atoms with E-state index in [1.807, 2.05) is 0 Å². The predicted molar refractivity (Wildman–Crippen MR) is 63.7 cm³/mol. The van der Waals surface area contributed by atoms with Gasteiger partial charge in [-0.15, -0.1) is 0 Å². The van der Waals surface area contributed by atoms with Gasteiger partial charge < -0.3 is 21.5 Å². The van der Waals surface area contributed by atoms with Crippen molar-refractivity contribution in [3.8, 4) is 0 Å². The van der Waals surface area contributed by atoms with Crippen LogP contribution in [-0.2, 0) is 9.59 Å². The van der Waals surface area contributed by atoms with Crippen LogP contribution in [0.5, 0.6) is 0 Å². The summed E-state index contributed by atoms with van der Waals surface area (Å²) in [5.74, 6) is -1.85. The fourth-order valence-corrected chi connectivity index (χ4v) is 1.60.